The Morgan fingerprint density at radius 3 is 2.40 bits per heavy atom. The zero-order valence-electron chi connectivity index (χ0n) is 19.8. The molecule has 0 N–H and O–H groups in total. The average molecular weight is 501 g/mol. The van der Waals surface area contributed by atoms with Crippen LogP contribution in [-0.4, -0.2) is 67.4 Å². The van der Waals surface area contributed by atoms with Gasteiger partial charge < -0.3 is 14.5 Å². The summed E-state index contributed by atoms with van der Waals surface area (Å²) in [7, 11) is 1.32. The van der Waals surface area contributed by atoms with Gasteiger partial charge in [0.2, 0.25) is 5.95 Å². The third-order valence-corrected chi connectivity index (χ3v) is 5.88. The van der Waals surface area contributed by atoms with Gasteiger partial charge in [-0.25, -0.2) is 19.0 Å². The second-order valence-corrected chi connectivity index (χ2v) is 9.50. The van der Waals surface area contributed by atoms with Crippen LogP contribution in [-0.2, 0) is 16.6 Å². The van der Waals surface area contributed by atoms with E-state index >= 15 is 0 Å². The molecule has 3 heterocycles. The van der Waals surface area contributed by atoms with Gasteiger partial charge in [-0.05, 0) is 32.9 Å². The van der Waals surface area contributed by atoms with E-state index in [2.05, 4.69) is 4.98 Å². The molecule has 1 fully saturated rings. The number of anilines is 1. The topological polar surface area (TPSA) is 112 Å². The van der Waals surface area contributed by atoms with E-state index in [1.165, 1.54) is 7.05 Å². The molecule has 4 rings (SSSR count). The number of rotatable bonds is 3. The molecule has 0 aliphatic carbocycles. The highest BCUT2D eigenvalue weighted by Crippen LogP contribution is 2.30. The van der Waals surface area contributed by atoms with E-state index in [0.29, 0.717) is 42.8 Å². The number of fused-ring (bicyclic) bond motifs is 1. The first-order chi connectivity index (χ1) is 16.5. The van der Waals surface area contributed by atoms with Gasteiger partial charge >= 0.3 is 11.8 Å². The third kappa shape index (κ3) is 4.48. The van der Waals surface area contributed by atoms with E-state index in [-0.39, 0.29) is 11.2 Å². The Balaban J connectivity index is 1.86. The van der Waals surface area contributed by atoms with E-state index in [4.69, 9.17) is 16.3 Å². The van der Waals surface area contributed by atoms with Crippen molar-refractivity contribution < 1.29 is 14.3 Å². The second-order valence-electron chi connectivity index (χ2n) is 9.09. The smallest absolute Gasteiger partial charge is 0.410 e. The van der Waals surface area contributed by atoms with Crippen molar-refractivity contribution in [3.63, 3.8) is 0 Å². The van der Waals surface area contributed by atoms with E-state index in [1.54, 1.807) is 60.4 Å². The molecule has 1 aromatic carbocycles. The second kappa shape index (κ2) is 9.09. The Labute approximate surface area is 205 Å². The minimum Gasteiger partial charge on any atom is -0.444 e. The van der Waals surface area contributed by atoms with E-state index in [1.807, 2.05) is 4.90 Å². The lowest BCUT2D eigenvalue weighted by atomic mass is 10.2. The van der Waals surface area contributed by atoms with Crippen molar-refractivity contribution >= 4 is 46.9 Å². The molecule has 1 aliphatic rings. The Morgan fingerprint density at radius 1 is 1.14 bits per heavy atom. The number of halogens is 1. The molecule has 2 aromatic heterocycles. The standard InChI is InChI=1S/C23H25ClN6O5/c1-23(2,3)35-22(34)28-11-9-27(10-12-28)20-25-18-17(30(20)16-8-6-5-7-15(16)24)19(32)26(4)21(33)29(18)13-14-31/h5-8,13H,9-12H2,1-4H3. The predicted octanol–water partition coefficient (Wildman–Crippen LogP) is 1.90. The average Bonchev–Trinajstić information content (AvgIpc) is 3.20. The maximum atomic E-state index is 13.2. The van der Waals surface area contributed by atoms with Crippen molar-refractivity contribution in [2.45, 2.75) is 26.4 Å². The molecule has 3 aromatic rings. The first kappa shape index (κ1) is 24.3. The normalized spacial score (nSPS) is 14.2. The fraction of sp³-hybridized carbons (Fsp3) is 0.391. The first-order valence-electron chi connectivity index (χ1n) is 11.0. The van der Waals surface area contributed by atoms with Crippen molar-refractivity contribution in [3.8, 4) is 5.69 Å². The fourth-order valence-corrected chi connectivity index (χ4v) is 4.13. The number of ether oxygens (including phenoxy) is 1. The Bertz CT molecular complexity index is 1470. The van der Waals surface area contributed by atoms with Gasteiger partial charge in [-0.15, -0.1) is 0 Å². The number of amides is 1. The van der Waals surface area contributed by atoms with Gasteiger partial charge in [-0.3, -0.25) is 13.9 Å². The zero-order chi connectivity index (χ0) is 25.5. The molecule has 12 heteroatoms. The van der Waals surface area contributed by atoms with Crippen molar-refractivity contribution in [1.29, 1.82) is 0 Å². The number of imidazole rings is 1. The van der Waals surface area contributed by atoms with Gasteiger partial charge in [-0.1, -0.05) is 23.7 Å². The molecule has 0 radical (unpaired) electrons. The lowest BCUT2D eigenvalue weighted by Crippen LogP contribution is -2.50. The summed E-state index contributed by atoms with van der Waals surface area (Å²) in [5, 5.41) is 0.367. The first-order valence-corrected chi connectivity index (χ1v) is 11.3. The lowest BCUT2D eigenvalue weighted by molar-refractivity contribution is 0.0240. The van der Waals surface area contributed by atoms with Crippen LogP contribution < -0.4 is 16.1 Å². The molecular formula is C23H25ClN6O5. The van der Waals surface area contributed by atoms with E-state index < -0.39 is 22.9 Å². The molecule has 0 unspecified atom stereocenters. The summed E-state index contributed by atoms with van der Waals surface area (Å²) in [5.41, 5.74) is -1.36. The summed E-state index contributed by atoms with van der Waals surface area (Å²) >= 11 is 6.49. The highest BCUT2D eigenvalue weighted by molar-refractivity contribution is 6.32. The summed E-state index contributed by atoms with van der Waals surface area (Å²) in [4.78, 5) is 57.6. The van der Waals surface area contributed by atoms with Crippen molar-refractivity contribution in [1.82, 2.24) is 23.6 Å². The number of piperazine rings is 1. The Morgan fingerprint density at radius 2 is 1.80 bits per heavy atom. The van der Waals surface area contributed by atoms with Crippen molar-refractivity contribution in [2.24, 2.45) is 7.05 Å². The van der Waals surface area contributed by atoms with Gasteiger partial charge in [0, 0.05) is 33.2 Å². The Hall–Kier alpha value is -3.82. The highest BCUT2D eigenvalue weighted by atomic mass is 35.5. The maximum absolute atomic E-state index is 13.2. The molecule has 35 heavy (non-hydrogen) atoms. The van der Waals surface area contributed by atoms with Crippen LogP contribution in [0.2, 0.25) is 5.02 Å². The lowest BCUT2D eigenvalue weighted by Gasteiger charge is -2.36. The van der Waals surface area contributed by atoms with Gasteiger partial charge in [-0.2, -0.15) is 4.98 Å². The van der Waals surface area contributed by atoms with Gasteiger partial charge in [0.05, 0.1) is 16.9 Å². The monoisotopic (exact) mass is 500 g/mol. The molecule has 1 amide bonds. The SMILES string of the molecule is Cn1c(=O)c2c(nc(N3CCN(C(=O)OC(C)(C)C)CC3)n2-c2ccccc2Cl)n(C=C=O)c1=O. The van der Waals surface area contributed by atoms with Crippen molar-refractivity contribution in [3.05, 3.63) is 50.1 Å². The molecule has 184 valence electrons. The van der Waals surface area contributed by atoms with Gasteiger partial charge in [0.25, 0.3) is 5.56 Å². The minimum absolute atomic E-state index is 0.00550. The number of para-hydroxylation sites is 1. The number of hydrogen-bond donors (Lipinski definition) is 0. The number of aromatic nitrogens is 4. The van der Waals surface area contributed by atoms with Crippen LogP contribution >= 0.6 is 11.6 Å². The number of carbonyl (C=O) groups excluding carboxylic acids is 2. The molecule has 0 saturated carbocycles. The van der Waals surface area contributed by atoms with Gasteiger partial charge in [0.1, 0.15) is 11.5 Å². The number of carbonyl (C=O) groups is 1. The molecule has 1 aliphatic heterocycles. The molecule has 11 nitrogen and oxygen atoms in total. The molecule has 0 bridgehead atoms. The molecule has 0 atom stereocenters. The van der Waals surface area contributed by atoms with Crippen LogP contribution in [0.3, 0.4) is 0 Å². The van der Waals surface area contributed by atoms with Crippen LogP contribution in [0.4, 0.5) is 10.7 Å². The maximum Gasteiger partial charge on any atom is 0.410 e. The Kier molecular flexibility index (Phi) is 6.31. The summed E-state index contributed by atoms with van der Waals surface area (Å²) in [5.74, 6) is 1.94. The van der Waals surface area contributed by atoms with Crippen LogP contribution in [0.25, 0.3) is 23.1 Å². The summed E-state index contributed by atoms with van der Waals surface area (Å²) < 4.78 is 8.93. The zero-order valence-corrected chi connectivity index (χ0v) is 20.6. The fourth-order valence-electron chi connectivity index (χ4n) is 3.91. The predicted molar refractivity (Wildman–Crippen MR) is 132 cm³/mol. The van der Waals surface area contributed by atoms with Crippen LogP contribution in [0, 0.1) is 0 Å². The summed E-state index contributed by atoms with van der Waals surface area (Å²) in [6.07, 6.45) is 0.494. The van der Waals surface area contributed by atoms with Crippen LogP contribution in [0.1, 0.15) is 20.8 Å². The molecule has 0 spiro atoms. The van der Waals surface area contributed by atoms with Gasteiger partial charge in [0.15, 0.2) is 11.2 Å². The number of nitrogens with zero attached hydrogens (tertiary/aromatic N) is 6. The number of benzene rings is 1. The van der Waals surface area contributed by atoms with E-state index in [9.17, 15) is 19.2 Å². The van der Waals surface area contributed by atoms with Crippen LogP contribution in [0.5, 0.6) is 0 Å². The summed E-state index contributed by atoms with van der Waals surface area (Å²) in [6, 6.07) is 6.93. The highest BCUT2D eigenvalue weighted by Gasteiger charge is 2.30. The quantitative estimate of drug-likeness (QED) is 0.505. The molecule has 1 saturated heterocycles. The molecular weight excluding hydrogens is 476 g/mol. The largest absolute Gasteiger partial charge is 0.444 e. The van der Waals surface area contributed by atoms with Crippen LogP contribution in [0.15, 0.2) is 33.9 Å². The summed E-state index contributed by atoms with van der Waals surface area (Å²) in [6.45, 7) is 6.92. The van der Waals surface area contributed by atoms with E-state index in [0.717, 1.165) is 15.3 Å². The third-order valence-electron chi connectivity index (χ3n) is 5.56. The minimum atomic E-state index is -0.726. The van der Waals surface area contributed by atoms with Crippen molar-refractivity contribution in [2.75, 3.05) is 31.1 Å². The number of hydrogen-bond acceptors (Lipinski definition) is 7.